The van der Waals surface area contributed by atoms with Crippen LogP contribution in [-0.4, -0.2) is 16.2 Å². The van der Waals surface area contributed by atoms with Crippen molar-refractivity contribution >= 4 is 5.97 Å². The van der Waals surface area contributed by atoms with Gasteiger partial charge in [-0.05, 0) is 24.1 Å². The number of carboxylic acids is 1. The van der Waals surface area contributed by atoms with Crippen molar-refractivity contribution in [2.24, 2.45) is 0 Å². The second-order valence-corrected chi connectivity index (χ2v) is 4.97. The van der Waals surface area contributed by atoms with E-state index < -0.39 is 17.4 Å². The van der Waals surface area contributed by atoms with E-state index in [2.05, 4.69) is 0 Å². The zero-order chi connectivity index (χ0) is 16.2. The Balaban J connectivity index is 2.25. The first kappa shape index (κ1) is 16.0. The molecule has 0 aliphatic carbocycles. The fourth-order valence-corrected chi connectivity index (χ4v) is 2.10. The average Bonchev–Trinajstić information content (AvgIpc) is 2.52. The van der Waals surface area contributed by atoms with Crippen molar-refractivity contribution in [2.75, 3.05) is 0 Å². The predicted octanol–water partition coefficient (Wildman–Crippen LogP) is 3.09. The summed E-state index contributed by atoms with van der Waals surface area (Å²) >= 11 is 0. The molecule has 0 fully saturated rings. The van der Waals surface area contributed by atoms with Crippen molar-refractivity contribution in [3.63, 3.8) is 0 Å². The largest absolute Gasteiger partial charge is 0.489 e. The van der Waals surface area contributed by atoms with Gasteiger partial charge < -0.3 is 14.9 Å². The number of hydrogen-bond donors (Lipinski definition) is 2. The molecule has 0 amide bonds. The summed E-state index contributed by atoms with van der Waals surface area (Å²) in [7, 11) is 0. The molecule has 0 aromatic heterocycles. The van der Waals surface area contributed by atoms with E-state index >= 15 is 0 Å². The monoisotopic (exact) mass is 304 g/mol. The van der Waals surface area contributed by atoms with Gasteiger partial charge >= 0.3 is 5.97 Å². The van der Waals surface area contributed by atoms with Crippen LogP contribution in [0.1, 0.15) is 24.5 Å². The second kappa shape index (κ2) is 6.58. The van der Waals surface area contributed by atoms with Gasteiger partial charge in [-0.25, -0.2) is 9.18 Å². The first-order chi connectivity index (χ1) is 10.5. The number of ether oxygens (including phenoxy) is 1. The Bertz CT molecular complexity index is 657. The molecule has 2 N–H and O–H groups in total. The number of hydrogen-bond acceptors (Lipinski definition) is 3. The average molecular weight is 304 g/mol. The predicted molar refractivity (Wildman–Crippen MR) is 79.0 cm³/mol. The third-order valence-electron chi connectivity index (χ3n) is 3.46. The van der Waals surface area contributed by atoms with Crippen LogP contribution in [0.15, 0.2) is 48.5 Å². The molecule has 0 radical (unpaired) electrons. The molecule has 1 atom stereocenters. The second-order valence-electron chi connectivity index (χ2n) is 4.97. The summed E-state index contributed by atoms with van der Waals surface area (Å²) in [6.45, 7) is 1.74. The molecular weight excluding hydrogens is 287 g/mol. The van der Waals surface area contributed by atoms with Crippen LogP contribution in [0.3, 0.4) is 0 Å². The molecule has 0 spiro atoms. The molecule has 2 aromatic rings. The van der Waals surface area contributed by atoms with Gasteiger partial charge in [0.1, 0.15) is 18.2 Å². The molecule has 0 aliphatic rings. The van der Waals surface area contributed by atoms with Crippen molar-refractivity contribution in [2.45, 2.75) is 25.6 Å². The van der Waals surface area contributed by atoms with Crippen LogP contribution >= 0.6 is 0 Å². The SMILES string of the molecule is CC[C@@](O)(C(=O)O)c1cc(F)cc(OCc2ccccc2)c1. The minimum absolute atomic E-state index is 0.0365. The molecule has 4 nitrogen and oxygen atoms in total. The van der Waals surface area contributed by atoms with Gasteiger partial charge in [-0.2, -0.15) is 0 Å². The highest BCUT2D eigenvalue weighted by atomic mass is 19.1. The van der Waals surface area contributed by atoms with E-state index in [4.69, 9.17) is 9.84 Å². The topological polar surface area (TPSA) is 66.8 Å². The molecule has 0 bridgehead atoms. The number of aliphatic carboxylic acids is 1. The Morgan fingerprint density at radius 3 is 2.50 bits per heavy atom. The van der Waals surface area contributed by atoms with Crippen LogP contribution in [0, 0.1) is 5.82 Å². The minimum Gasteiger partial charge on any atom is -0.489 e. The van der Waals surface area contributed by atoms with E-state index in [0.29, 0.717) is 0 Å². The van der Waals surface area contributed by atoms with E-state index in [1.807, 2.05) is 30.3 Å². The lowest BCUT2D eigenvalue weighted by Gasteiger charge is -2.22. The van der Waals surface area contributed by atoms with Crippen LogP contribution < -0.4 is 4.74 Å². The molecule has 0 unspecified atom stereocenters. The summed E-state index contributed by atoms with van der Waals surface area (Å²) in [6, 6.07) is 12.8. The number of carboxylic acid groups (broad SMARTS) is 1. The van der Waals surface area contributed by atoms with Crippen LogP contribution in [0.4, 0.5) is 4.39 Å². The normalized spacial score (nSPS) is 13.4. The maximum atomic E-state index is 13.7. The van der Waals surface area contributed by atoms with E-state index in [1.165, 1.54) is 13.0 Å². The third-order valence-corrected chi connectivity index (χ3v) is 3.46. The van der Waals surface area contributed by atoms with Gasteiger partial charge in [-0.1, -0.05) is 37.3 Å². The summed E-state index contributed by atoms with van der Waals surface area (Å²) in [4.78, 5) is 11.2. The number of benzene rings is 2. The standard InChI is InChI=1S/C17H17FO4/c1-2-17(21,16(19)20)13-8-14(18)10-15(9-13)22-11-12-6-4-3-5-7-12/h3-10,21H,2,11H2,1H3,(H,19,20)/t17-/m0/s1. The van der Waals surface area contributed by atoms with Gasteiger partial charge in [0, 0.05) is 11.6 Å². The smallest absolute Gasteiger partial charge is 0.340 e. The molecule has 5 heteroatoms. The van der Waals surface area contributed by atoms with Gasteiger partial charge in [0.25, 0.3) is 0 Å². The van der Waals surface area contributed by atoms with Gasteiger partial charge in [0.2, 0.25) is 0 Å². The maximum absolute atomic E-state index is 13.7. The van der Waals surface area contributed by atoms with E-state index in [1.54, 1.807) is 0 Å². The summed E-state index contributed by atoms with van der Waals surface area (Å²) in [5.41, 5.74) is -1.27. The van der Waals surface area contributed by atoms with Crippen molar-refractivity contribution in [3.05, 3.63) is 65.5 Å². The highest BCUT2D eigenvalue weighted by Crippen LogP contribution is 2.29. The first-order valence-electron chi connectivity index (χ1n) is 6.89. The fraction of sp³-hybridized carbons (Fsp3) is 0.235. The molecular formula is C17H17FO4. The van der Waals surface area contributed by atoms with Gasteiger partial charge in [-0.3, -0.25) is 0 Å². The van der Waals surface area contributed by atoms with Crippen molar-refractivity contribution in [3.8, 4) is 5.75 Å². The van der Waals surface area contributed by atoms with Crippen LogP contribution in [0.2, 0.25) is 0 Å². The molecule has 116 valence electrons. The van der Waals surface area contributed by atoms with Crippen molar-refractivity contribution in [1.82, 2.24) is 0 Å². The zero-order valence-corrected chi connectivity index (χ0v) is 12.1. The van der Waals surface area contributed by atoms with Crippen LogP contribution in [0.25, 0.3) is 0 Å². The summed E-state index contributed by atoms with van der Waals surface area (Å²) in [6.07, 6.45) is -0.0795. The Morgan fingerprint density at radius 1 is 1.23 bits per heavy atom. The van der Waals surface area contributed by atoms with E-state index in [0.717, 1.165) is 17.7 Å². The summed E-state index contributed by atoms with van der Waals surface area (Å²) < 4.78 is 19.2. The molecule has 2 rings (SSSR count). The molecule has 22 heavy (non-hydrogen) atoms. The van der Waals surface area contributed by atoms with Crippen molar-refractivity contribution in [1.29, 1.82) is 0 Å². The summed E-state index contributed by atoms with van der Waals surface area (Å²) in [5.74, 6) is -1.91. The molecule has 2 aromatic carbocycles. The van der Waals surface area contributed by atoms with Gasteiger partial charge in [0.05, 0.1) is 0 Å². The fourth-order valence-electron chi connectivity index (χ4n) is 2.10. The number of halogens is 1. The van der Waals surface area contributed by atoms with E-state index in [9.17, 15) is 14.3 Å². The van der Waals surface area contributed by atoms with E-state index in [-0.39, 0.29) is 24.3 Å². The van der Waals surface area contributed by atoms with Crippen LogP contribution in [0.5, 0.6) is 5.75 Å². The molecule has 0 saturated carbocycles. The summed E-state index contributed by atoms with van der Waals surface area (Å²) in [5, 5.41) is 19.3. The Kier molecular flexibility index (Phi) is 4.78. The Morgan fingerprint density at radius 2 is 1.91 bits per heavy atom. The van der Waals surface area contributed by atoms with Gasteiger partial charge in [0.15, 0.2) is 5.60 Å². The quantitative estimate of drug-likeness (QED) is 0.860. The maximum Gasteiger partial charge on any atom is 0.340 e. The Labute approximate surface area is 127 Å². The number of carbonyl (C=O) groups is 1. The first-order valence-corrected chi connectivity index (χ1v) is 6.89. The third kappa shape index (κ3) is 3.43. The zero-order valence-electron chi connectivity index (χ0n) is 12.1. The lowest BCUT2D eigenvalue weighted by molar-refractivity contribution is -0.160. The van der Waals surface area contributed by atoms with Gasteiger partial charge in [-0.15, -0.1) is 0 Å². The minimum atomic E-state index is -2.13. The lowest BCUT2D eigenvalue weighted by atomic mass is 9.91. The number of aliphatic hydroxyl groups is 1. The Hall–Kier alpha value is -2.40. The molecule has 0 heterocycles. The van der Waals surface area contributed by atoms with Crippen LogP contribution in [-0.2, 0) is 17.0 Å². The number of rotatable bonds is 6. The highest BCUT2D eigenvalue weighted by Gasteiger charge is 2.36. The molecule has 0 aliphatic heterocycles. The highest BCUT2D eigenvalue weighted by molar-refractivity contribution is 5.79. The van der Waals surface area contributed by atoms with Crippen molar-refractivity contribution < 1.29 is 24.1 Å². The molecule has 0 saturated heterocycles. The lowest BCUT2D eigenvalue weighted by Crippen LogP contribution is -2.34.